The third-order valence-electron chi connectivity index (χ3n) is 5.80. The Morgan fingerprint density at radius 2 is 1.78 bits per heavy atom. The number of fused-ring (bicyclic) bond motifs is 4. The van der Waals surface area contributed by atoms with Crippen molar-refractivity contribution < 1.29 is 4.42 Å². The summed E-state index contributed by atoms with van der Waals surface area (Å²) in [5.41, 5.74) is 12.2. The highest BCUT2D eigenvalue weighted by Gasteiger charge is 2.16. The number of imidazole rings is 1. The van der Waals surface area contributed by atoms with Crippen molar-refractivity contribution in [1.29, 1.82) is 0 Å². The van der Waals surface area contributed by atoms with Gasteiger partial charge in [0, 0.05) is 22.0 Å². The Kier molecular flexibility index (Phi) is 4.45. The summed E-state index contributed by atoms with van der Waals surface area (Å²) >= 11 is 6.66. The number of pyridine rings is 1. The number of furan rings is 1. The van der Waals surface area contributed by atoms with Crippen molar-refractivity contribution in [3.05, 3.63) is 89.8 Å². The molecule has 6 aromatic rings. The average Bonchev–Trinajstić information content (AvgIpc) is 3.44. The van der Waals surface area contributed by atoms with E-state index in [2.05, 4.69) is 38.8 Å². The van der Waals surface area contributed by atoms with Gasteiger partial charge in [-0.2, -0.15) is 0 Å². The highest BCUT2D eigenvalue weighted by Crippen LogP contribution is 2.37. The third kappa shape index (κ3) is 3.06. The van der Waals surface area contributed by atoms with Crippen LogP contribution in [0.2, 0.25) is 5.02 Å². The lowest BCUT2D eigenvalue weighted by Crippen LogP contribution is -2.02. The Bertz CT molecular complexity index is 1560. The Morgan fingerprint density at radius 1 is 0.938 bits per heavy atom. The molecule has 0 spiro atoms. The summed E-state index contributed by atoms with van der Waals surface area (Å²) in [7, 11) is 0. The molecular formula is C26H19ClN4O. The maximum Gasteiger partial charge on any atom is 0.136 e. The standard InChI is InChI=1S/C26H19ClN4O/c27-21-13-22-20(12-19(21)25-11-17-3-1-2-4-24(17)32-25)26-23(14-29-22)30-15-31(26)18-7-5-16(6-8-18)9-10-28/h1-8,11-15H,9-10,28H2. The van der Waals surface area contributed by atoms with Gasteiger partial charge in [-0.05, 0) is 54.9 Å². The van der Waals surface area contributed by atoms with Gasteiger partial charge in [0.25, 0.3) is 0 Å². The van der Waals surface area contributed by atoms with Crippen LogP contribution < -0.4 is 5.73 Å². The molecule has 0 saturated heterocycles. The lowest BCUT2D eigenvalue weighted by atomic mass is 10.1. The number of nitrogens with two attached hydrogens (primary N) is 1. The van der Waals surface area contributed by atoms with Crippen molar-refractivity contribution >= 4 is 44.5 Å². The molecular weight excluding hydrogens is 420 g/mol. The summed E-state index contributed by atoms with van der Waals surface area (Å²) in [5.74, 6) is 0.729. The molecule has 6 heteroatoms. The minimum absolute atomic E-state index is 0.598. The summed E-state index contributed by atoms with van der Waals surface area (Å²) in [6.07, 6.45) is 4.48. The number of rotatable bonds is 4. The van der Waals surface area contributed by atoms with Gasteiger partial charge in [0.2, 0.25) is 0 Å². The topological polar surface area (TPSA) is 69.9 Å². The maximum atomic E-state index is 6.66. The van der Waals surface area contributed by atoms with Crippen molar-refractivity contribution in [1.82, 2.24) is 14.5 Å². The first-order valence-corrected chi connectivity index (χ1v) is 10.8. The van der Waals surface area contributed by atoms with E-state index in [9.17, 15) is 0 Å². The fourth-order valence-corrected chi connectivity index (χ4v) is 4.45. The van der Waals surface area contributed by atoms with Gasteiger partial charge in [-0.25, -0.2) is 4.98 Å². The van der Waals surface area contributed by atoms with Gasteiger partial charge in [-0.3, -0.25) is 9.55 Å². The predicted molar refractivity (Wildman–Crippen MR) is 129 cm³/mol. The molecule has 5 nitrogen and oxygen atoms in total. The van der Waals surface area contributed by atoms with Crippen LogP contribution in [0.25, 0.3) is 49.9 Å². The van der Waals surface area contributed by atoms with E-state index in [0.29, 0.717) is 11.6 Å². The second kappa shape index (κ2) is 7.48. The van der Waals surface area contributed by atoms with Crippen LogP contribution in [0.5, 0.6) is 0 Å². The summed E-state index contributed by atoms with van der Waals surface area (Å²) in [4.78, 5) is 9.18. The van der Waals surface area contributed by atoms with Crippen LogP contribution in [0, 0.1) is 0 Å². The molecule has 0 fully saturated rings. The Labute approximate surface area is 189 Å². The second-order valence-corrected chi connectivity index (χ2v) is 8.22. The molecule has 6 rings (SSSR count). The van der Waals surface area contributed by atoms with Crippen LogP contribution in [0.4, 0.5) is 0 Å². The van der Waals surface area contributed by atoms with E-state index in [1.807, 2.05) is 48.8 Å². The Morgan fingerprint density at radius 3 is 2.59 bits per heavy atom. The zero-order valence-electron chi connectivity index (χ0n) is 17.1. The number of para-hydroxylation sites is 1. The van der Waals surface area contributed by atoms with Crippen LogP contribution in [0.3, 0.4) is 0 Å². The minimum atomic E-state index is 0.598. The molecule has 3 heterocycles. The molecule has 156 valence electrons. The van der Waals surface area contributed by atoms with E-state index in [0.717, 1.165) is 56.3 Å². The Balaban J connectivity index is 1.57. The smallest absolute Gasteiger partial charge is 0.136 e. The fourth-order valence-electron chi connectivity index (χ4n) is 4.20. The zero-order chi connectivity index (χ0) is 21.7. The van der Waals surface area contributed by atoms with Crippen LogP contribution in [-0.4, -0.2) is 21.1 Å². The van der Waals surface area contributed by atoms with E-state index >= 15 is 0 Å². The summed E-state index contributed by atoms with van der Waals surface area (Å²) < 4.78 is 8.18. The quantitative estimate of drug-likeness (QED) is 0.359. The molecule has 0 radical (unpaired) electrons. The van der Waals surface area contributed by atoms with Gasteiger partial charge in [0.15, 0.2) is 0 Å². The SMILES string of the molecule is NCCc1ccc(-n2cnc3cnc4cc(Cl)c(-c5cc6ccccc6o5)cc4c32)cc1. The summed E-state index contributed by atoms with van der Waals surface area (Å²) in [6.45, 7) is 0.634. The molecule has 2 N–H and O–H groups in total. The summed E-state index contributed by atoms with van der Waals surface area (Å²) in [6, 6.07) is 22.3. The van der Waals surface area contributed by atoms with E-state index in [1.54, 1.807) is 6.20 Å². The van der Waals surface area contributed by atoms with Crippen molar-refractivity contribution in [3.63, 3.8) is 0 Å². The van der Waals surface area contributed by atoms with Crippen molar-refractivity contribution in [2.24, 2.45) is 5.73 Å². The highest BCUT2D eigenvalue weighted by atomic mass is 35.5. The monoisotopic (exact) mass is 438 g/mol. The number of nitrogens with zero attached hydrogens (tertiary/aromatic N) is 3. The van der Waals surface area contributed by atoms with E-state index < -0.39 is 0 Å². The van der Waals surface area contributed by atoms with Crippen LogP contribution in [0.15, 0.2) is 83.7 Å². The molecule has 0 atom stereocenters. The lowest BCUT2D eigenvalue weighted by Gasteiger charge is -2.09. The van der Waals surface area contributed by atoms with Crippen LogP contribution in [-0.2, 0) is 6.42 Å². The fraction of sp³-hybridized carbons (Fsp3) is 0.0769. The molecule has 0 saturated carbocycles. The van der Waals surface area contributed by atoms with Crippen molar-refractivity contribution in [2.45, 2.75) is 6.42 Å². The first-order chi connectivity index (χ1) is 15.7. The van der Waals surface area contributed by atoms with E-state index in [-0.39, 0.29) is 0 Å². The maximum absolute atomic E-state index is 6.66. The van der Waals surface area contributed by atoms with E-state index in [4.69, 9.17) is 21.8 Å². The molecule has 0 unspecified atom stereocenters. The van der Waals surface area contributed by atoms with Gasteiger partial charge in [0.05, 0.1) is 22.3 Å². The second-order valence-electron chi connectivity index (χ2n) is 7.81. The van der Waals surface area contributed by atoms with Gasteiger partial charge in [-0.1, -0.05) is 41.9 Å². The number of hydrogen-bond donors (Lipinski definition) is 1. The highest BCUT2D eigenvalue weighted by molar-refractivity contribution is 6.34. The molecule has 0 bridgehead atoms. The number of aromatic nitrogens is 3. The molecule has 3 aromatic heterocycles. The number of hydrogen-bond acceptors (Lipinski definition) is 4. The summed E-state index contributed by atoms with van der Waals surface area (Å²) in [5, 5.41) is 2.60. The third-order valence-corrected chi connectivity index (χ3v) is 6.11. The first-order valence-electron chi connectivity index (χ1n) is 10.4. The molecule has 0 amide bonds. The van der Waals surface area contributed by atoms with Gasteiger partial charge < -0.3 is 10.2 Å². The van der Waals surface area contributed by atoms with E-state index in [1.165, 1.54) is 5.56 Å². The number of benzene rings is 3. The molecule has 0 aliphatic heterocycles. The van der Waals surface area contributed by atoms with Crippen LogP contribution >= 0.6 is 11.6 Å². The van der Waals surface area contributed by atoms with Crippen LogP contribution in [0.1, 0.15) is 5.56 Å². The molecule has 0 aliphatic rings. The van der Waals surface area contributed by atoms with Gasteiger partial charge in [-0.15, -0.1) is 0 Å². The first kappa shape index (κ1) is 19.0. The van der Waals surface area contributed by atoms with Gasteiger partial charge >= 0.3 is 0 Å². The molecule has 32 heavy (non-hydrogen) atoms. The Hall–Kier alpha value is -3.67. The van der Waals surface area contributed by atoms with Crippen molar-refractivity contribution in [2.75, 3.05) is 6.54 Å². The average molecular weight is 439 g/mol. The molecule has 0 aliphatic carbocycles. The zero-order valence-corrected chi connectivity index (χ0v) is 17.9. The number of halogens is 1. The minimum Gasteiger partial charge on any atom is -0.456 e. The largest absolute Gasteiger partial charge is 0.456 e. The van der Waals surface area contributed by atoms with Crippen molar-refractivity contribution in [3.8, 4) is 17.0 Å². The molecule has 3 aromatic carbocycles. The predicted octanol–water partition coefficient (Wildman–Crippen LogP) is 6.14. The normalized spacial score (nSPS) is 11.7. The van der Waals surface area contributed by atoms with Gasteiger partial charge in [0.1, 0.15) is 23.2 Å². The lowest BCUT2D eigenvalue weighted by molar-refractivity contribution is 0.632.